The first kappa shape index (κ1) is 9.56. The lowest BCUT2D eigenvalue weighted by Gasteiger charge is -1.97. The second-order valence-electron chi connectivity index (χ2n) is 1.66. The molecule has 0 bridgehead atoms. The Labute approximate surface area is 65.6 Å². The molecular formula is C7H12O2S. The number of hydrogen-bond acceptors (Lipinski definition) is 3. The number of ether oxygens (including phenoxy) is 1. The van der Waals surface area contributed by atoms with Gasteiger partial charge in [-0.15, -0.1) is 0 Å². The van der Waals surface area contributed by atoms with E-state index in [2.05, 4.69) is 0 Å². The molecule has 0 aliphatic heterocycles. The smallest absolute Gasteiger partial charge is 0.330 e. The van der Waals surface area contributed by atoms with Gasteiger partial charge < -0.3 is 4.74 Å². The van der Waals surface area contributed by atoms with E-state index in [-0.39, 0.29) is 5.97 Å². The van der Waals surface area contributed by atoms with Crippen LogP contribution < -0.4 is 0 Å². The Kier molecular flexibility index (Phi) is 6.38. The number of carbonyl (C=O) groups is 1. The molecule has 0 radical (unpaired) electrons. The van der Waals surface area contributed by atoms with Crippen LogP contribution in [0.5, 0.6) is 0 Å². The molecule has 0 aromatic heterocycles. The van der Waals surface area contributed by atoms with E-state index in [4.69, 9.17) is 4.74 Å². The average Bonchev–Trinajstić information content (AvgIpc) is 1.89. The molecule has 10 heavy (non-hydrogen) atoms. The van der Waals surface area contributed by atoms with Crippen molar-refractivity contribution in [1.29, 1.82) is 0 Å². The number of carbonyl (C=O) groups excluding carboxylic acids is 1. The SMILES string of the molecule is C/C=C/C(=O)OCCSC. The topological polar surface area (TPSA) is 26.3 Å². The van der Waals surface area contributed by atoms with Crippen LogP contribution >= 0.6 is 11.8 Å². The van der Waals surface area contributed by atoms with Gasteiger partial charge in [0.15, 0.2) is 0 Å². The Morgan fingerprint density at radius 1 is 1.70 bits per heavy atom. The highest BCUT2D eigenvalue weighted by Crippen LogP contribution is 1.91. The molecule has 0 N–H and O–H groups in total. The molecule has 0 saturated carbocycles. The van der Waals surface area contributed by atoms with Crippen molar-refractivity contribution in [3.05, 3.63) is 12.2 Å². The van der Waals surface area contributed by atoms with Crippen molar-refractivity contribution in [2.24, 2.45) is 0 Å². The molecule has 0 heterocycles. The molecule has 0 aromatic rings. The summed E-state index contributed by atoms with van der Waals surface area (Å²) >= 11 is 1.66. The predicted octanol–water partition coefficient (Wildman–Crippen LogP) is 1.47. The van der Waals surface area contributed by atoms with Gasteiger partial charge in [0.25, 0.3) is 0 Å². The van der Waals surface area contributed by atoms with Crippen LogP contribution in [-0.4, -0.2) is 24.6 Å². The standard InChI is InChI=1S/C7H12O2S/c1-3-4-7(8)9-5-6-10-2/h3-4H,5-6H2,1-2H3/b4-3+. The largest absolute Gasteiger partial charge is 0.462 e. The summed E-state index contributed by atoms with van der Waals surface area (Å²) in [6, 6.07) is 0. The fourth-order valence-electron chi connectivity index (χ4n) is 0.410. The molecule has 0 rings (SSSR count). The summed E-state index contributed by atoms with van der Waals surface area (Å²) in [7, 11) is 0. The molecule has 0 amide bonds. The number of hydrogen-bond donors (Lipinski definition) is 0. The lowest BCUT2D eigenvalue weighted by Crippen LogP contribution is -2.03. The van der Waals surface area contributed by atoms with Gasteiger partial charge in [-0.3, -0.25) is 0 Å². The van der Waals surface area contributed by atoms with Crippen molar-refractivity contribution in [3.8, 4) is 0 Å². The van der Waals surface area contributed by atoms with Crippen molar-refractivity contribution in [3.63, 3.8) is 0 Å². The van der Waals surface area contributed by atoms with Crippen LogP contribution in [-0.2, 0) is 9.53 Å². The van der Waals surface area contributed by atoms with Crippen LogP contribution in [0.2, 0.25) is 0 Å². The summed E-state index contributed by atoms with van der Waals surface area (Å²) in [6.45, 7) is 2.29. The summed E-state index contributed by atoms with van der Waals surface area (Å²) in [4.78, 5) is 10.6. The van der Waals surface area contributed by atoms with Gasteiger partial charge in [-0.25, -0.2) is 4.79 Å². The van der Waals surface area contributed by atoms with Crippen LogP contribution in [0.25, 0.3) is 0 Å². The fourth-order valence-corrected chi connectivity index (χ4v) is 0.660. The van der Waals surface area contributed by atoms with E-state index < -0.39 is 0 Å². The Morgan fingerprint density at radius 3 is 2.90 bits per heavy atom. The second kappa shape index (κ2) is 6.68. The molecule has 0 aliphatic carbocycles. The Bertz CT molecular complexity index is 121. The lowest BCUT2D eigenvalue weighted by atomic mass is 10.5. The highest BCUT2D eigenvalue weighted by atomic mass is 32.2. The molecular weight excluding hydrogens is 148 g/mol. The van der Waals surface area contributed by atoms with Crippen LogP contribution in [0, 0.1) is 0 Å². The summed E-state index contributed by atoms with van der Waals surface area (Å²) in [5.41, 5.74) is 0. The first-order valence-electron chi connectivity index (χ1n) is 3.09. The van der Waals surface area contributed by atoms with Gasteiger partial charge in [0.1, 0.15) is 6.61 Å². The predicted molar refractivity (Wildman–Crippen MR) is 44.2 cm³/mol. The van der Waals surface area contributed by atoms with Gasteiger partial charge in [-0.1, -0.05) is 6.08 Å². The van der Waals surface area contributed by atoms with Crippen molar-refractivity contribution in [1.82, 2.24) is 0 Å². The van der Waals surface area contributed by atoms with Gasteiger partial charge in [-0.2, -0.15) is 11.8 Å². The lowest BCUT2D eigenvalue weighted by molar-refractivity contribution is -0.137. The molecule has 2 nitrogen and oxygen atoms in total. The Morgan fingerprint density at radius 2 is 2.40 bits per heavy atom. The van der Waals surface area contributed by atoms with Crippen molar-refractivity contribution < 1.29 is 9.53 Å². The molecule has 0 fully saturated rings. The highest BCUT2D eigenvalue weighted by molar-refractivity contribution is 7.98. The third-order valence-electron chi connectivity index (χ3n) is 0.835. The molecule has 3 heteroatoms. The number of thioether (sulfide) groups is 1. The molecule has 0 aliphatic rings. The van der Waals surface area contributed by atoms with Crippen molar-refractivity contribution >= 4 is 17.7 Å². The number of allylic oxidation sites excluding steroid dienone is 1. The van der Waals surface area contributed by atoms with E-state index in [1.807, 2.05) is 6.26 Å². The zero-order valence-corrected chi connectivity index (χ0v) is 7.11. The first-order valence-corrected chi connectivity index (χ1v) is 4.49. The normalized spacial score (nSPS) is 10.2. The Balaban J connectivity index is 3.22. The van der Waals surface area contributed by atoms with Crippen LogP contribution in [0.4, 0.5) is 0 Å². The van der Waals surface area contributed by atoms with Crippen molar-refractivity contribution in [2.75, 3.05) is 18.6 Å². The quantitative estimate of drug-likeness (QED) is 0.354. The first-order chi connectivity index (χ1) is 4.81. The summed E-state index contributed by atoms with van der Waals surface area (Å²) in [5, 5.41) is 0. The molecule has 0 atom stereocenters. The van der Waals surface area contributed by atoms with Crippen LogP contribution in [0.15, 0.2) is 12.2 Å². The van der Waals surface area contributed by atoms with E-state index in [0.717, 1.165) is 5.75 Å². The summed E-state index contributed by atoms with van der Waals surface area (Å²) < 4.78 is 4.78. The summed E-state index contributed by atoms with van der Waals surface area (Å²) in [5.74, 6) is 0.611. The minimum Gasteiger partial charge on any atom is -0.462 e. The van der Waals surface area contributed by atoms with Gasteiger partial charge in [-0.05, 0) is 13.2 Å². The van der Waals surface area contributed by atoms with E-state index in [0.29, 0.717) is 6.61 Å². The number of rotatable bonds is 4. The molecule has 0 aromatic carbocycles. The van der Waals surface area contributed by atoms with Gasteiger partial charge in [0.2, 0.25) is 0 Å². The maximum Gasteiger partial charge on any atom is 0.330 e. The Hall–Kier alpha value is -0.440. The van der Waals surface area contributed by atoms with Crippen LogP contribution in [0.3, 0.4) is 0 Å². The fraction of sp³-hybridized carbons (Fsp3) is 0.571. The third-order valence-corrected chi connectivity index (χ3v) is 1.41. The van der Waals surface area contributed by atoms with Gasteiger partial charge in [0.05, 0.1) is 0 Å². The minimum absolute atomic E-state index is 0.253. The van der Waals surface area contributed by atoms with Gasteiger partial charge in [0, 0.05) is 11.8 Å². The molecule has 58 valence electrons. The second-order valence-corrected chi connectivity index (χ2v) is 2.65. The molecule has 0 spiro atoms. The maximum absolute atomic E-state index is 10.6. The van der Waals surface area contributed by atoms with E-state index in [1.165, 1.54) is 6.08 Å². The van der Waals surface area contributed by atoms with E-state index >= 15 is 0 Å². The minimum atomic E-state index is -0.253. The van der Waals surface area contributed by atoms with Gasteiger partial charge >= 0.3 is 5.97 Å². The zero-order valence-electron chi connectivity index (χ0n) is 6.29. The monoisotopic (exact) mass is 160 g/mol. The van der Waals surface area contributed by atoms with Crippen LogP contribution in [0.1, 0.15) is 6.92 Å². The highest BCUT2D eigenvalue weighted by Gasteiger charge is 1.92. The summed E-state index contributed by atoms with van der Waals surface area (Å²) in [6.07, 6.45) is 5.06. The third kappa shape index (κ3) is 5.69. The van der Waals surface area contributed by atoms with Crippen molar-refractivity contribution in [2.45, 2.75) is 6.92 Å². The van der Waals surface area contributed by atoms with E-state index in [1.54, 1.807) is 24.8 Å². The average molecular weight is 160 g/mol. The maximum atomic E-state index is 10.6. The van der Waals surface area contributed by atoms with E-state index in [9.17, 15) is 4.79 Å². The number of esters is 1. The molecule has 0 saturated heterocycles. The zero-order chi connectivity index (χ0) is 7.82. The molecule has 0 unspecified atom stereocenters.